The molecule has 0 fully saturated rings. The van der Waals surface area contributed by atoms with Crippen LogP contribution in [0.3, 0.4) is 0 Å². The van der Waals surface area contributed by atoms with E-state index < -0.39 is 24.8 Å². The third-order valence-corrected chi connectivity index (χ3v) is 2.32. The van der Waals surface area contributed by atoms with Gasteiger partial charge in [-0.3, -0.25) is 0 Å². The number of carbonyl (C=O) groups is 1. The lowest BCUT2D eigenvalue weighted by Crippen LogP contribution is -2.32. The minimum atomic E-state index is -3.06. The van der Waals surface area contributed by atoms with Crippen LogP contribution in [0.25, 0.3) is 0 Å². The van der Waals surface area contributed by atoms with Gasteiger partial charge in [-0.1, -0.05) is 18.2 Å². The molecule has 0 spiro atoms. The molecule has 1 unspecified atom stereocenters. The van der Waals surface area contributed by atoms with Crippen LogP contribution in [0.1, 0.15) is 18.5 Å². The van der Waals surface area contributed by atoms with E-state index in [1.54, 1.807) is 0 Å². The fourth-order valence-electron chi connectivity index (χ4n) is 1.49. The smallest absolute Gasteiger partial charge is 0.387 e. The molecule has 4 nitrogen and oxygen atoms in total. The summed E-state index contributed by atoms with van der Waals surface area (Å²) in [6, 6.07) is 4.01. The number of nitrogens with two attached hydrogens (primary N) is 1. The molecule has 1 rings (SSSR count). The fraction of sp³-hybridized carbons (Fsp3) is 0.417. The van der Waals surface area contributed by atoms with Gasteiger partial charge in [-0.2, -0.15) is 8.78 Å². The number of carbonyl (C=O) groups excluding carboxylic acids is 1. The van der Waals surface area contributed by atoms with Crippen molar-refractivity contribution >= 4 is 5.97 Å². The molecule has 0 radical (unpaired) electrons. The maximum Gasteiger partial charge on any atom is 0.387 e. The van der Waals surface area contributed by atoms with Gasteiger partial charge in [0.15, 0.2) is 0 Å². The molecule has 0 aromatic heterocycles. The number of ether oxygens (including phenoxy) is 2. The molecule has 2 atom stereocenters. The van der Waals surface area contributed by atoms with Gasteiger partial charge < -0.3 is 15.2 Å². The second-order valence-corrected chi connectivity index (χ2v) is 3.60. The van der Waals surface area contributed by atoms with Crippen LogP contribution in [0, 0.1) is 0 Å². The molecule has 1 aromatic rings. The molecule has 0 aliphatic rings. The van der Waals surface area contributed by atoms with E-state index in [0.29, 0.717) is 0 Å². The van der Waals surface area contributed by atoms with E-state index in [-0.39, 0.29) is 17.9 Å². The van der Waals surface area contributed by atoms with Crippen molar-refractivity contribution in [3.8, 4) is 5.75 Å². The molecule has 0 saturated heterocycles. The number of esters is 1. The quantitative estimate of drug-likeness (QED) is 0.810. The van der Waals surface area contributed by atoms with Crippen molar-refractivity contribution in [3.05, 3.63) is 29.8 Å². The normalized spacial score (nSPS) is 14.0. The van der Waals surface area contributed by atoms with Crippen molar-refractivity contribution in [2.24, 2.45) is 5.73 Å². The SMILES string of the molecule is CCOC(=O)C(F)[C@@H](N)c1ccccc1OC(F)F. The largest absolute Gasteiger partial charge is 0.464 e. The molecule has 1 aromatic carbocycles. The Kier molecular flexibility index (Phi) is 5.62. The summed E-state index contributed by atoms with van der Waals surface area (Å²) in [6.07, 6.45) is -2.15. The third kappa shape index (κ3) is 4.13. The average Bonchev–Trinajstić information content (AvgIpc) is 2.37. The van der Waals surface area contributed by atoms with E-state index >= 15 is 0 Å². The molecule has 0 heterocycles. The Hall–Kier alpha value is -1.76. The predicted octanol–water partition coefficient (Wildman–Crippen LogP) is 2.19. The van der Waals surface area contributed by atoms with Gasteiger partial charge in [0.1, 0.15) is 5.75 Å². The molecule has 0 aliphatic carbocycles. The second-order valence-electron chi connectivity index (χ2n) is 3.60. The zero-order valence-corrected chi connectivity index (χ0v) is 10.2. The first kappa shape index (κ1) is 15.3. The molecule has 106 valence electrons. The van der Waals surface area contributed by atoms with Crippen LogP contribution in [0.5, 0.6) is 5.75 Å². The van der Waals surface area contributed by atoms with Crippen molar-refractivity contribution < 1.29 is 27.4 Å². The van der Waals surface area contributed by atoms with Gasteiger partial charge in [0.2, 0.25) is 6.17 Å². The highest BCUT2D eigenvalue weighted by atomic mass is 19.3. The minimum Gasteiger partial charge on any atom is -0.464 e. The third-order valence-electron chi connectivity index (χ3n) is 2.32. The van der Waals surface area contributed by atoms with Gasteiger partial charge in [0.25, 0.3) is 0 Å². The maximum atomic E-state index is 13.7. The molecule has 0 aliphatic heterocycles. The highest BCUT2D eigenvalue weighted by Gasteiger charge is 2.30. The Bertz CT molecular complexity index is 428. The van der Waals surface area contributed by atoms with Crippen LogP contribution >= 0.6 is 0 Å². The first-order chi connectivity index (χ1) is 8.97. The zero-order chi connectivity index (χ0) is 14.4. The van der Waals surface area contributed by atoms with Crippen LogP contribution in [0.2, 0.25) is 0 Å². The van der Waals surface area contributed by atoms with Gasteiger partial charge in [-0.25, -0.2) is 9.18 Å². The van der Waals surface area contributed by atoms with E-state index in [1.165, 1.54) is 31.2 Å². The van der Waals surface area contributed by atoms with Gasteiger partial charge in [-0.15, -0.1) is 0 Å². The lowest BCUT2D eigenvalue weighted by atomic mass is 10.0. The lowest BCUT2D eigenvalue weighted by molar-refractivity contribution is -0.149. The molecule has 2 N–H and O–H groups in total. The van der Waals surface area contributed by atoms with E-state index in [1.807, 2.05) is 0 Å². The lowest BCUT2D eigenvalue weighted by Gasteiger charge is -2.18. The Balaban J connectivity index is 2.92. The van der Waals surface area contributed by atoms with Crippen LogP contribution in [0.4, 0.5) is 13.2 Å². The number of alkyl halides is 3. The molecule has 19 heavy (non-hydrogen) atoms. The topological polar surface area (TPSA) is 61.5 Å². The number of benzene rings is 1. The number of rotatable bonds is 6. The summed E-state index contributed by atoms with van der Waals surface area (Å²) in [6.45, 7) is -1.54. The predicted molar refractivity (Wildman–Crippen MR) is 61.5 cm³/mol. The molecule has 0 saturated carbocycles. The first-order valence-corrected chi connectivity index (χ1v) is 5.57. The van der Waals surface area contributed by atoms with Gasteiger partial charge in [-0.05, 0) is 13.0 Å². The van der Waals surface area contributed by atoms with Gasteiger partial charge >= 0.3 is 12.6 Å². The summed E-state index contributed by atoms with van der Waals surface area (Å²) in [7, 11) is 0. The van der Waals surface area contributed by atoms with Gasteiger partial charge in [0.05, 0.1) is 12.6 Å². The summed E-state index contributed by atoms with van der Waals surface area (Å²) < 4.78 is 46.8. The number of hydrogen-bond acceptors (Lipinski definition) is 4. The van der Waals surface area contributed by atoms with Crippen LogP contribution in [-0.2, 0) is 9.53 Å². The number of halogens is 3. The summed E-state index contributed by atoms with van der Waals surface area (Å²) in [5, 5.41) is 0. The standard InChI is InChI=1S/C12H14F3NO3/c1-2-18-11(17)9(13)10(16)7-5-3-4-6-8(7)19-12(14)15/h3-6,9-10,12H,2,16H2,1H3/t9?,10-/m0/s1. The van der Waals surface area contributed by atoms with E-state index in [0.717, 1.165) is 0 Å². The van der Waals surface area contributed by atoms with Crippen molar-refractivity contribution in [1.82, 2.24) is 0 Å². The summed E-state index contributed by atoms with van der Waals surface area (Å²) >= 11 is 0. The highest BCUT2D eigenvalue weighted by molar-refractivity contribution is 5.76. The van der Waals surface area contributed by atoms with Crippen molar-refractivity contribution in [2.45, 2.75) is 25.7 Å². The number of para-hydroxylation sites is 1. The van der Waals surface area contributed by atoms with Crippen LogP contribution < -0.4 is 10.5 Å². The molecule has 7 heteroatoms. The molecular formula is C12H14F3NO3. The van der Waals surface area contributed by atoms with E-state index in [9.17, 15) is 18.0 Å². The Labute approximate surface area is 108 Å². The Morgan fingerprint density at radius 2 is 1.95 bits per heavy atom. The zero-order valence-electron chi connectivity index (χ0n) is 10.2. The summed E-state index contributed by atoms with van der Waals surface area (Å²) in [4.78, 5) is 11.2. The van der Waals surface area contributed by atoms with Gasteiger partial charge in [0, 0.05) is 5.56 Å². The first-order valence-electron chi connectivity index (χ1n) is 5.57. The average molecular weight is 277 g/mol. The minimum absolute atomic E-state index is 0.00115. The van der Waals surface area contributed by atoms with E-state index in [4.69, 9.17) is 5.73 Å². The fourth-order valence-corrected chi connectivity index (χ4v) is 1.49. The number of hydrogen-bond donors (Lipinski definition) is 1. The summed E-state index contributed by atoms with van der Waals surface area (Å²) in [5.41, 5.74) is 5.52. The van der Waals surface area contributed by atoms with Crippen LogP contribution in [0.15, 0.2) is 24.3 Å². The monoisotopic (exact) mass is 277 g/mol. The summed E-state index contributed by atoms with van der Waals surface area (Å²) in [5.74, 6) is -1.40. The van der Waals surface area contributed by atoms with Crippen molar-refractivity contribution in [3.63, 3.8) is 0 Å². The maximum absolute atomic E-state index is 13.7. The van der Waals surface area contributed by atoms with Crippen LogP contribution in [-0.4, -0.2) is 25.4 Å². The second kappa shape index (κ2) is 6.98. The molecule has 0 amide bonds. The van der Waals surface area contributed by atoms with E-state index in [2.05, 4.69) is 9.47 Å². The molecule has 0 bridgehead atoms. The van der Waals surface area contributed by atoms with Crippen molar-refractivity contribution in [2.75, 3.05) is 6.61 Å². The Morgan fingerprint density at radius 3 is 2.53 bits per heavy atom. The molecular weight excluding hydrogens is 263 g/mol. The Morgan fingerprint density at radius 1 is 1.32 bits per heavy atom. The van der Waals surface area contributed by atoms with Crippen molar-refractivity contribution in [1.29, 1.82) is 0 Å². The highest BCUT2D eigenvalue weighted by Crippen LogP contribution is 2.28.